The Kier molecular flexibility index (Phi) is 4.54. The predicted molar refractivity (Wildman–Crippen MR) is 66.6 cm³/mol. The van der Waals surface area contributed by atoms with Crippen molar-refractivity contribution in [1.29, 1.82) is 0 Å². The molecule has 0 radical (unpaired) electrons. The highest BCUT2D eigenvalue weighted by Gasteiger charge is 2.14. The second-order valence-electron chi connectivity index (χ2n) is 4.26. The van der Waals surface area contributed by atoms with E-state index in [1.54, 1.807) is 17.8 Å². The Bertz CT molecular complexity index is 388. The fourth-order valence-corrected chi connectivity index (χ4v) is 2.37. The molecule has 88 valence electrons. The second-order valence-corrected chi connectivity index (χ2v) is 5.68. The highest BCUT2D eigenvalue weighted by Crippen LogP contribution is 2.31. The topological polar surface area (TPSA) is 17.1 Å². The van der Waals surface area contributed by atoms with Crippen molar-refractivity contribution in [2.45, 2.75) is 37.8 Å². The summed E-state index contributed by atoms with van der Waals surface area (Å²) < 4.78 is 13.0. The van der Waals surface area contributed by atoms with Crippen molar-refractivity contribution in [3.8, 4) is 0 Å². The first kappa shape index (κ1) is 13.2. The fraction of sp³-hybridized carbons (Fsp3) is 0.462. The summed E-state index contributed by atoms with van der Waals surface area (Å²) in [4.78, 5) is 12.3. The van der Waals surface area contributed by atoms with E-state index in [1.807, 2.05) is 0 Å². The molecule has 0 aliphatic heterocycles. The van der Waals surface area contributed by atoms with Gasteiger partial charge in [0.05, 0.1) is 0 Å². The molecule has 0 N–H and O–H groups in total. The maximum absolute atomic E-state index is 13.0. The van der Waals surface area contributed by atoms with Crippen LogP contribution < -0.4 is 0 Å². The Labute approximate surface area is 100 Å². The molecule has 0 aromatic heterocycles. The van der Waals surface area contributed by atoms with Crippen molar-refractivity contribution in [2.24, 2.45) is 5.92 Å². The summed E-state index contributed by atoms with van der Waals surface area (Å²) >= 11 is 1.63. The summed E-state index contributed by atoms with van der Waals surface area (Å²) in [5.74, 6) is 0.0829. The van der Waals surface area contributed by atoms with Gasteiger partial charge in [0, 0.05) is 15.7 Å². The van der Waals surface area contributed by atoms with Crippen LogP contribution in [0.4, 0.5) is 4.39 Å². The van der Waals surface area contributed by atoms with E-state index in [4.69, 9.17) is 0 Å². The van der Waals surface area contributed by atoms with Crippen LogP contribution in [0.2, 0.25) is 0 Å². The van der Waals surface area contributed by atoms with E-state index in [-0.39, 0.29) is 11.6 Å². The monoisotopic (exact) mass is 240 g/mol. The molecule has 0 amide bonds. The number of thioether (sulfide) groups is 1. The Morgan fingerprint density at radius 3 is 2.44 bits per heavy atom. The van der Waals surface area contributed by atoms with Crippen LogP contribution in [0.5, 0.6) is 0 Å². The van der Waals surface area contributed by atoms with Gasteiger partial charge in [-0.05, 0) is 31.0 Å². The first-order valence-electron chi connectivity index (χ1n) is 5.39. The number of hydrogen-bond donors (Lipinski definition) is 0. The summed E-state index contributed by atoms with van der Waals surface area (Å²) in [6, 6.07) is 4.41. The molecule has 1 unspecified atom stereocenters. The molecule has 16 heavy (non-hydrogen) atoms. The highest BCUT2D eigenvalue weighted by atomic mass is 32.2. The van der Waals surface area contributed by atoms with E-state index < -0.39 is 0 Å². The Hall–Kier alpha value is -0.830. The van der Waals surface area contributed by atoms with Crippen molar-refractivity contribution in [2.75, 3.05) is 0 Å². The summed E-state index contributed by atoms with van der Waals surface area (Å²) in [5.41, 5.74) is 0.484. The van der Waals surface area contributed by atoms with Crippen molar-refractivity contribution < 1.29 is 9.18 Å². The first-order valence-corrected chi connectivity index (χ1v) is 6.27. The van der Waals surface area contributed by atoms with E-state index in [2.05, 4.69) is 20.8 Å². The number of Topliss-reactive ketones (excluding diaryl/α,β-unsaturated/α-hetero) is 1. The maximum atomic E-state index is 13.0. The van der Waals surface area contributed by atoms with Crippen LogP contribution in [-0.2, 0) is 0 Å². The number of benzene rings is 1. The molecule has 3 heteroatoms. The summed E-state index contributed by atoms with van der Waals surface area (Å²) in [7, 11) is 0. The largest absolute Gasteiger partial charge is 0.294 e. The van der Waals surface area contributed by atoms with E-state index >= 15 is 0 Å². The molecule has 1 nitrogen and oxygen atoms in total. The molecule has 1 aromatic carbocycles. The number of carbonyl (C=O) groups is 1. The van der Waals surface area contributed by atoms with Crippen molar-refractivity contribution in [3.05, 3.63) is 29.6 Å². The van der Waals surface area contributed by atoms with Gasteiger partial charge in [0.2, 0.25) is 0 Å². The van der Waals surface area contributed by atoms with Gasteiger partial charge in [-0.2, -0.15) is 0 Å². The van der Waals surface area contributed by atoms with Gasteiger partial charge in [0.1, 0.15) is 5.82 Å². The van der Waals surface area contributed by atoms with Gasteiger partial charge in [-0.25, -0.2) is 4.39 Å². The first-order chi connectivity index (χ1) is 7.41. The van der Waals surface area contributed by atoms with E-state index in [9.17, 15) is 9.18 Å². The van der Waals surface area contributed by atoms with Crippen molar-refractivity contribution in [3.63, 3.8) is 0 Å². The van der Waals surface area contributed by atoms with Crippen LogP contribution in [0, 0.1) is 11.7 Å². The molecule has 1 aromatic rings. The lowest BCUT2D eigenvalue weighted by atomic mass is 10.1. The lowest BCUT2D eigenvalue weighted by molar-refractivity contribution is 0.101. The maximum Gasteiger partial charge on any atom is 0.161 e. The Balaban J connectivity index is 2.99. The van der Waals surface area contributed by atoms with Gasteiger partial charge in [-0.1, -0.05) is 20.8 Å². The molecular formula is C13H17FOS. The Morgan fingerprint density at radius 1 is 1.31 bits per heavy atom. The number of carbonyl (C=O) groups excluding carboxylic acids is 1. The Morgan fingerprint density at radius 2 is 1.94 bits per heavy atom. The summed E-state index contributed by atoms with van der Waals surface area (Å²) in [5, 5.41) is 0.406. The molecule has 0 fully saturated rings. The number of ketones is 1. The van der Waals surface area contributed by atoms with Crippen LogP contribution in [0.3, 0.4) is 0 Å². The van der Waals surface area contributed by atoms with Crippen LogP contribution >= 0.6 is 11.8 Å². The molecule has 0 saturated carbocycles. The van der Waals surface area contributed by atoms with Gasteiger partial charge in [0.25, 0.3) is 0 Å². The smallest absolute Gasteiger partial charge is 0.161 e. The summed E-state index contributed by atoms with van der Waals surface area (Å²) in [6.07, 6.45) is 0. The predicted octanol–water partition coefficient (Wildman–Crippen LogP) is 4.16. The minimum absolute atomic E-state index is 0.0852. The molecular weight excluding hydrogens is 223 g/mol. The number of rotatable bonds is 4. The van der Waals surface area contributed by atoms with Crippen molar-refractivity contribution in [1.82, 2.24) is 0 Å². The molecule has 1 rings (SSSR count). The zero-order valence-electron chi connectivity index (χ0n) is 10.1. The summed E-state index contributed by atoms with van der Waals surface area (Å²) in [6.45, 7) is 7.85. The molecule has 0 aliphatic rings. The normalized spacial score (nSPS) is 12.9. The molecule has 0 heterocycles. The van der Waals surface area contributed by atoms with Gasteiger partial charge in [-0.15, -0.1) is 11.8 Å². The van der Waals surface area contributed by atoms with E-state index in [0.717, 1.165) is 4.90 Å². The standard InChI is InChI=1S/C13H17FOS/c1-8(2)10(4)16-13-6-5-11(14)7-12(13)9(3)15/h5-8,10H,1-4H3. The van der Waals surface area contributed by atoms with Crippen LogP contribution in [0.25, 0.3) is 0 Å². The number of halogens is 1. The van der Waals surface area contributed by atoms with Crippen molar-refractivity contribution >= 4 is 17.5 Å². The molecule has 0 saturated heterocycles. The van der Waals surface area contributed by atoms with Gasteiger partial charge < -0.3 is 0 Å². The average molecular weight is 240 g/mol. The molecule has 1 atom stereocenters. The van der Waals surface area contributed by atoms with E-state index in [0.29, 0.717) is 16.7 Å². The quantitative estimate of drug-likeness (QED) is 0.580. The molecule has 0 bridgehead atoms. The third kappa shape index (κ3) is 3.34. The molecule has 0 aliphatic carbocycles. The third-order valence-corrected chi connectivity index (χ3v) is 4.10. The molecule has 0 spiro atoms. The van der Waals surface area contributed by atoms with Gasteiger partial charge in [-0.3, -0.25) is 4.79 Å². The van der Waals surface area contributed by atoms with Crippen LogP contribution in [0.1, 0.15) is 38.1 Å². The van der Waals surface area contributed by atoms with Crippen LogP contribution in [-0.4, -0.2) is 11.0 Å². The number of hydrogen-bond acceptors (Lipinski definition) is 2. The lowest BCUT2D eigenvalue weighted by Crippen LogP contribution is -2.07. The lowest BCUT2D eigenvalue weighted by Gasteiger charge is -2.16. The second kappa shape index (κ2) is 5.48. The van der Waals surface area contributed by atoms with Crippen LogP contribution in [0.15, 0.2) is 23.1 Å². The average Bonchev–Trinajstić information content (AvgIpc) is 2.20. The van der Waals surface area contributed by atoms with E-state index in [1.165, 1.54) is 19.1 Å². The fourth-order valence-electron chi connectivity index (χ4n) is 1.22. The highest BCUT2D eigenvalue weighted by molar-refractivity contribution is 8.00. The minimum atomic E-state index is -0.355. The SMILES string of the molecule is CC(=O)c1cc(F)ccc1SC(C)C(C)C. The zero-order chi connectivity index (χ0) is 12.3. The third-order valence-electron chi connectivity index (χ3n) is 2.57. The van der Waals surface area contributed by atoms with Gasteiger partial charge in [0.15, 0.2) is 5.78 Å². The van der Waals surface area contributed by atoms with Gasteiger partial charge >= 0.3 is 0 Å². The zero-order valence-corrected chi connectivity index (χ0v) is 10.9. The minimum Gasteiger partial charge on any atom is -0.294 e.